The molecule has 0 unspecified atom stereocenters. The van der Waals surface area contributed by atoms with Gasteiger partial charge in [-0.3, -0.25) is 9.48 Å². The predicted molar refractivity (Wildman–Crippen MR) is 102 cm³/mol. The minimum absolute atomic E-state index is 0.0608. The maximum atomic E-state index is 13.5. The molecule has 6 nitrogen and oxygen atoms in total. The van der Waals surface area contributed by atoms with Crippen LogP contribution in [-0.2, 0) is 0 Å². The zero-order chi connectivity index (χ0) is 19.8. The molecule has 1 N–H and O–H groups in total. The van der Waals surface area contributed by atoms with E-state index in [1.54, 1.807) is 27.5 Å². The molecule has 148 valence electrons. The van der Waals surface area contributed by atoms with Gasteiger partial charge in [-0.2, -0.15) is 5.10 Å². The Morgan fingerprint density at radius 2 is 2.00 bits per heavy atom. The van der Waals surface area contributed by atoms with E-state index in [1.165, 1.54) is 6.20 Å². The minimum Gasteiger partial charge on any atom is -0.319 e. The average molecular weight is 387 g/mol. The number of aryl methyl sites for hydroxylation is 1. The second kappa shape index (κ2) is 7.33. The number of amides is 1. The predicted octanol–water partition coefficient (Wildman–Crippen LogP) is 4.78. The molecule has 1 amide bonds. The zero-order valence-corrected chi connectivity index (χ0v) is 15.9. The number of nitrogens with one attached hydrogen (secondary N) is 1. The summed E-state index contributed by atoms with van der Waals surface area (Å²) >= 11 is 0. The molecule has 1 aliphatic rings. The molecule has 4 rings (SSSR count). The summed E-state index contributed by atoms with van der Waals surface area (Å²) in [6, 6.07) is 3.57. The van der Waals surface area contributed by atoms with E-state index in [9.17, 15) is 13.6 Å². The molecule has 0 bridgehead atoms. The van der Waals surface area contributed by atoms with E-state index >= 15 is 0 Å². The van der Waals surface area contributed by atoms with Gasteiger partial charge in [0.15, 0.2) is 5.69 Å². The number of carbonyl (C=O) groups is 1. The normalized spacial score (nSPS) is 20.0. The van der Waals surface area contributed by atoms with Crippen LogP contribution in [0.3, 0.4) is 0 Å². The largest absolute Gasteiger partial charge is 0.319 e. The molecular weight excluding hydrogens is 364 g/mol. The van der Waals surface area contributed by atoms with E-state index in [2.05, 4.69) is 22.3 Å². The van der Waals surface area contributed by atoms with Gasteiger partial charge in [-0.1, -0.05) is 6.92 Å². The number of aromatic nitrogens is 4. The summed E-state index contributed by atoms with van der Waals surface area (Å²) in [5.74, 6) is 0.180. The Kier molecular flexibility index (Phi) is 4.87. The lowest BCUT2D eigenvalue weighted by Gasteiger charge is -2.26. The summed E-state index contributed by atoms with van der Waals surface area (Å²) in [4.78, 5) is 17.0. The van der Waals surface area contributed by atoms with Crippen LogP contribution in [0.1, 0.15) is 66.8 Å². The van der Waals surface area contributed by atoms with E-state index in [-0.39, 0.29) is 17.4 Å². The van der Waals surface area contributed by atoms with Gasteiger partial charge >= 0.3 is 0 Å². The van der Waals surface area contributed by atoms with Crippen LogP contribution in [0.25, 0.3) is 5.65 Å². The number of alkyl halides is 2. The number of hydrogen-bond acceptors (Lipinski definition) is 3. The molecule has 3 aromatic heterocycles. The third kappa shape index (κ3) is 3.39. The van der Waals surface area contributed by atoms with E-state index in [4.69, 9.17) is 0 Å². The van der Waals surface area contributed by atoms with Crippen molar-refractivity contribution in [1.82, 2.24) is 19.2 Å². The summed E-state index contributed by atoms with van der Waals surface area (Å²) in [5, 5.41) is 6.72. The van der Waals surface area contributed by atoms with Crippen molar-refractivity contribution < 1.29 is 13.6 Å². The molecule has 1 aliphatic carbocycles. The van der Waals surface area contributed by atoms with Crippen molar-refractivity contribution in [3.63, 3.8) is 0 Å². The Bertz CT molecular complexity index is 1000. The highest BCUT2D eigenvalue weighted by atomic mass is 19.3. The van der Waals surface area contributed by atoms with Crippen molar-refractivity contribution >= 4 is 17.2 Å². The lowest BCUT2D eigenvalue weighted by atomic mass is 9.87. The number of halogens is 2. The molecule has 0 saturated heterocycles. The summed E-state index contributed by atoms with van der Waals surface area (Å²) in [5.41, 5.74) is 1.43. The number of hydrogen-bond donors (Lipinski definition) is 1. The van der Waals surface area contributed by atoms with Gasteiger partial charge in [-0.15, -0.1) is 0 Å². The Morgan fingerprint density at radius 3 is 2.71 bits per heavy atom. The highest BCUT2D eigenvalue weighted by Gasteiger charge is 2.26. The highest BCUT2D eigenvalue weighted by Crippen LogP contribution is 2.34. The molecule has 1 fully saturated rings. The van der Waals surface area contributed by atoms with Crippen molar-refractivity contribution in [2.24, 2.45) is 5.92 Å². The van der Waals surface area contributed by atoms with Gasteiger partial charge in [0.1, 0.15) is 5.65 Å². The minimum atomic E-state index is -2.76. The third-order valence-electron chi connectivity index (χ3n) is 5.57. The molecule has 3 aromatic rings. The molecule has 3 heterocycles. The first kappa shape index (κ1) is 18.6. The van der Waals surface area contributed by atoms with Crippen LogP contribution in [0, 0.1) is 12.8 Å². The van der Waals surface area contributed by atoms with Crippen molar-refractivity contribution in [3.05, 3.63) is 47.7 Å². The van der Waals surface area contributed by atoms with Crippen LogP contribution < -0.4 is 5.32 Å². The SMILES string of the molecule is Cc1ccnc2c(C(=O)Nc3cn([C@H]4CC[C@H](C)CC4)nc3C(F)F)ccn12. The van der Waals surface area contributed by atoms with Gasteiger partial charge < -0.3 is 9.72 Å². The van der Waals surface area contributed by atoms with Crippen LogP contribution in [0.4, 0.5) is 14.5 Å². The van der Waals surface area contributed by atoms with E-state index in [0.29, 0.717) is 17.1 Å². The molecule has 0 radical (unpaired) electrons. The number of nitrogens with zero attached hydrogens (tertiary/aromatic N) is 4. The fraction of sp³-hybridized carbons (Fsp3) is 0.450. The third-order valence-corrected chi connectivity index (χ3v) is 5.57. The molecular formula is C20H23F2N5O. The summed E-state index contributed by atoms with van der Waals surface area (Å²) in [6.45, 7) is 4.10. The highest BCUT2D eigenvalue weighted by molar-refractivity contribution is 6.08. The fourth-order valence-corrected chi connectivity index (χ4v) is 3.86. The molecule has 0 aromatic carbocycles. The Morgan fingerprint density at radius 1 is 1.25 bits per heavy atom. The summed E-state index contributed by atoms with van der Waals surface area (Å²) in [7, 11) is 0. The number of carbonyl (C=O) groups excluding carboxylic acids is 1. The van der Waals surface area contributed by atoms with E-state index in [0.717, 1.165) is 31.4 Å². The summed E-state index contributed by atoms with van der Waals surface area (Å²) < 4.78 is 30.4. The van der Waals surface area contributed by atoms with Crippen LogP contribution in [-0.4, -0.2) is 25.1 Å². The van der Waals surface area contributed by atoms with Crippen molar-refractivity contribution in [1.29, 1.82) is 0 Å². The first-order valence-corrected chi connectivity index (χ1v) is 9.55. The van der Waals surface area contributed by atoms with Crippen LogP contribution in [0.5, 0.6) is 0 Å². The molecule has 1 saturated carbocycles. The first-order valence-electron chi connectivity index (χ1n) is 9.55. The lowest BCUT2D eigenvalue weighted by Crippen LogP contribution is -2.17. The van der Waals surface area contributed by atoms with Crippen molar-refractivity contribution in [3.8, 4) is 0 Å². The molecule has 0 atom stereocenters. The molecule has 0 spiro atoms. The maximum absolute atomic E-state index is 13.5. The van der Waals surface area contributed by atoms with Crippen molar-refractivity contribution in [2.45, 2.75) is 52.0 Å². The Balaban J connectivity index is 1.61. The van der Waals surface area contributed by atoms with Gasteiger partial charge in [0, 0.05) is 24.3 Å². The number of anilines is 1. The zero-order valence-electron chi connectivity index (χ0n) is 15.9. The van der Waals surface area contributed by atoms with Gasteiger partial charge in [0.05, 0.1) is 17.3 Å². The van der Waals surface area contributed by atoms with Gasteiger partial charge in [-0.05, 0) is 50.7 Å². The smallest absolute Gasteiger partial charge is 0.284 e. The van der Waals surface area contributed by atoms with Crippen molar-refractivity contribution in [2.75, 3.05) is 5.32 Å². The second-order valence-electron chi connectivity index (χ2n) is 7.59. The second-order valence-corrected chi connectivity index (χ2v) is 7.59. The van der Waals surface area contributed by atoms with Crippen LogP contribution in [0.15, 0.2) is 30.7 Å². The Hall–Kier alpha value is -2.77. The molecule has 0 aliphatic heterocycles. The molecule has 8 heteroatoms. The Labute approximate surface area is 161 Å². The monoisotopic (exact) mass is 387 g/mol. The summed E-state index contributed by atoms with van der Waals surface area (Å²) in [6.07, 6.45) is 6.07. The quantitative estimate of drug-likeness (QED) is 0.701. The maximum Gasteiger partial charge on any atom is 0.284 e. The fourth-order valence-electron chi connectivity index (χ4n) is 3.86. The van der Waals surface area contributed by atoms with Gasteiger partial charge in [-0.25, -0.2) is 13.8 Å². The van der Waals surface area contributed by atoms with Gasteiger partial charge in [0.2, 0.25) is 0 Å². The van der Waals surface area contributed by atoms with E-state index in [1.807, 2.05) is 13.0 Å². The standard InChI is InChI=1S/C20H23F2N5O/c1-12-3-5-14(6-4-12)27-11-16(17(25-27)18(21)22)24-20(28)15-8-10-26-13(2)7-9-23-19(15)26/h7-12,14,18H,3-6H2,1-2H3,(H,24,28)/t12-,14-. The van der Waals surface area contributed by atoms with Crippen LogP contribution in [0.2, 0.25) is 0 Å². The van der Waals surface area contributed by atoms with Crippen LogP contribution >= 0.6 is 0 Å². The van der Waals surface area contributed by atoms with Gasteiger partial charge in [0.25, 0.3) is 12.3 Å². The number of fused-ring (bicyclic) bond motifs is 1. The van der Waals surface area contributed by atoms with E-state index < -0.39 is 12.3 Å². The average Bonchev–Trinajstić information content (AvgIpc) is 3.27. The first-order chi connectivity index (χ1) is 13.4. The topological polar surface area (TPSA) is 64.2 Å². The number of rotatable bonds is 4. The lowest BCUT2D eigenvalue weighted by molar-refractivity contribution is 0.102. The molecule has 28 heavy (non-hydrogen) atoms.